The highest BCUT2D eigenvalue weighted by molar-refractivity contribution is 6.04. The summed E-state index contributed by atoms with van der Waals surface area (Å²) in [4.78, 5) is 24.7. The molecule has 5 heteroatoms. The number of carbonyl (C=O) groups is 2. The number of hydrogen-bond acceptors (Lipinski definition) is 3. The molecule has 1 aromatic rings. The van der Waals surface area contributed by atoms with Crippen LogP contribution in [0.3, 0.4) is 0 Å². The minimum absolute atomic E-state index is 0.0663. The van der Waals surface area contributed by atoms with Gasteiger partial charge in [0.25, 0.3) is 0 Å². The predicted octanol–water partition coefficient (Wildman–Crippen LogP) is 0.0972. The van der Waals surface area contributed by atoms with E-state index in [1.54, 1.807) is 0 Å². The van der Waals surface area contributed by atoms with Gasteiger partial charge in [0.2, 0.25) is 11.8 Å². The van der Waals surface area contributed by atoms with Crippen LogP contribution in [0.1, 0.15) is 18.4 Å². The number of carbonyl (C=O) groups excluding carboxylic acids is 2. The first-order chi connectivity index (χ1) is 8.58. The van der Waals surface area contributed by atoms with Crippen molar-refractivity contribution >= 4 is 17.5 Å². The standard InChI is InChI=1S/C13H15N3O2/c14-13(4-5-13)9-2-1-3-10(6-9)16-8-11(17)15-7-12(16)18/h1-3,6H,4-5,7-8,14H2,(H,15,17). The molecule has 0 bridgehead atoms. The Morgan fingerprint density at radius 2 is 2.06 bits per heavy atom. The van der Waals surface area contributed by atoms with E-state index in [0.29, 0.717) is 0 Å². The summed E-state index contributed by atoms with van der Waals surface area (Å²) in [5, 5.41) is 2.53. The number of nitrogens with two attached hydrogens (primary N) is 1. The summed E-state index contributed by atoms with van der Waals surface area (Å²) in [6.45, 7) is 0.149. The Balaban J connectivity index is 1.91. The molecular formula is C13H15N3O2. The summed E-state index contributed by atoms with van der Waals surface area (Å²) in [6, 6.07) is 7.62. The Morgan fingerprint density at radius 3 is 2.78 bits per heavy atom. The Hall–Kier alpha value is -1.88. The van der Waals surface area contributed by atoms with Crippen LogP contribution in [-0.4, -0.2) is 24.9 Å². The van der Waals surface area contributed by atoms with Gasteiger partial charge in [-0.1, -0.05) is 12.1 Å². The summed E-state index contributed by atoms with van der Waals surface area (Å²) in [7, 11) is 0. The largest absolute Gasteiger partial charge is 0.345 e. The normalized spacial score (nSPS) is 21.7. The quantitative estimate of drug-likeness (QED) is 0.775. The summed E-state index contributed by atoms with van der Waals surface area (Å²) in [5.41, 5.74) is 7.71. The SMILES string of the molecule is NC1(c2cccc(N3CC(=O)NCC3=O)c2)CC1. The molecule has 1 heterocycles. The monoisotopic (exact) mass is 245 g/mol. The molecule has 0 aromatic heterocycles. The third kappa shape index (κ3) is 1.86. The highest BCUT2D eigenvalue weighted by Crippen LogP contribution is 2.43. The lowest BCUT2D eigenvalue weighted by molar-refractivity contribution is -0.128. The van der Waals surface area contributed by atoms with Gasteiger partial charge in [0.05, 0.1) is 6.54 Å². The number of nitrogens with zero attached hydrogens (tertiary/aromatic N) is 1. The topological polar surface area (TPSA) is 75.4 Å². The molecule has 1 saturated carbocycles. The molecule has 5 nitrogen and oxygen atoms in total. The molecule has 0 radical (unpaired) electrons. The second kappa shape index (κ2) is 3.81. The van der Waals surface area contributed by atoms with E-state index >= 15 is 0 Å². The van der Waals surface area contributed by atoms with Crippen molar-refractivity contribution in [2.24, 2.45) is 5.73 Å². The first-order valence-electron chi connectivity index (χ1n) is 6.05. The fourth-order valence-electron chi connectivity index (χ4n) is 2.20. The van der Waals surface area contributed by atoms with Gasteiger partial charge in [0, 0.05) is 11.2 Å². The van der Waals surface area contributed by atoms with Crippen molar-refractivity contribution in [1.29, 1.82) is 0 Å². The first kappa shape index (κ1) is 11.2. The van der Waals surface area contributed by atoms with Gasteiger partial charge in [-0.05, 0) is 30.5 Å². The number of anilines is 1. The molecule has 2 aliphatic rings. The van der Waals surface area contributed by atoms with Crippen molar-refractivity contribution in [2.75, 3.05) is 18.0 Å². The van der Waals surface area contributed by atoms with Crippen LogP contribution in [0.5, 0.6) is 0 Å². The Kier molecular flexibility index (Phi) is 2.38. The van der Waals surface area contributed by atoms with Crippen LogP contribution in [-0.2, 0) is 15.1 Å². The van der Waals surface area contributed by atoms with Gasteiger partial charge in [-0.15, -0.1) is 0 Å². The maximum atomic E-state index is 11.8. The minimum Gasteiger partial charge on any atom is -0.345 e. The fraction of sp³-hybridized carbons (Fsp3) is 0.385. The second-order valence-corrected chi connectivity index (χ2v) is 4.96. The van der Waals surface area contributed by atoms with Gasteiger partial charge in [-0.25, -0.2) is 0 Å². The molecular weight excluding hydrogens is 230 g/mol. The predicted molar refractivity (Wildman–Crippen MR) is 66.9 cm³/mol. The lowest BCUT2D eigenvalue weighted by Crippen LogP contribution is -2.51. The van der Waals surface area contributed by atoms with Crippen LogP contribution in [0.25, 0.3) is 0 Å². The Bertz CT molecular complexity index is 523. The number of amides is 2. The molecule has 1 saturated heterocycles. The van der Waals surface area contributed by atoms with E-state index in [9.17, 15) is 9.59 Å². The highest BCUT2D eigenvalue weighted by atomic mass is 16.2. The zero-order valence-corrected chi connectivity index (χ0v) is 9.98. The number of rotatable bonds is 2. The molecule has 3 N–H and O–H groups in total. The molecule has 0 atom stereocenters. The van der Waals surface area contributed by atoms with E-state index in [1.807, 2.05) is 24.3 Å². The van der Waals surface area contributed by atoms with Crippen molar-refractivity contribution in [1.82, 2.24) is 5.32 Å². The molecule has 2 fully saturated rings. The molecule has 3 rings (SSSR count). The van der Waals surface area contributed by atoms with Gasteiger partial charge in [-0.3, -0.25) is 9.59 Å². The van der Waals surface area contributed by atoms with Crippen molar-refractivity contribution in [3.63, 3.8) is 0 Å². The average molecular weight is 245 g/mol. The maximum absolute atomic E-state index is 11.8. The Labute approximate surface area is 105 Å². The van der Waals surface area contributed by atoms with E-state index in [2.05, 4.69) is 5.32 Å². The van der Waals surface area contributed by atoms with E-state index in [1.165, 1.54) is 4.90 Å². The first-order valence-corrected chi connectivity index (χ1v) is 6.05. The van der Waals surface area contributed by atoms with Crippen LogP contribution >= 0.6 is 0 Å². The summed E-state index contributed by atoms with van der Waals surface area (Å²) >= 11 is 0. The lowest BCUT2D eigenvalue weighted by atomic mass is 10.0. The number of nitrogens with one attached hydrogen (secondary N) is 1. The van der Waals surface area contributed by atoms with E-state index < -0.39 is 0 Å². The van der Waals surface area contributed by atoms with Gasteiger partial charge >= 0.3 is 0 Å². The lowest BCUT2D eigenvalue weighted by Gasteiger charge is -2.27. The fourth-order valence-corrected chi connectivity index (χ4v) is 2.20. The molecule has 1 aliphatic heterocycles. The van der Waals surface area contributed by atoms with Crippen LogP contribution in [0.4, 0.5) is 5.69 Å². The number of piperazine rings is 1. The van der Waals surface area contributed by atoms with Crippen LogP contribution < -0.4 is 16.0 Å². The van der Waals surface area contributed by atoms with Gasteiger partial charge in [-0.2, -0.15) is 0 Å². The average Bonchev–Trinajstić information content (AvgIpc) is 3.12. The molecule has 94 valence electrons. The van der Waals surface area contributed by atoms with E-state index in [-0.39, 0.29) is 30.4 Å². The van der Waals surface area contributed by atoms with Crippen molar-refractivity contribution < 1.29 is 9.59 Å². The van der Waals surface area contributed by atoms with Crippen LogP contribution in [0, 0.1) is 0 Å². The molecule has 18 heavy (non-hydrogen) atoms. The van der Waals surface area contributed by atoms with Crippen molar-refractivity contribution in [3.8, 4) is 0 Å². The summed E-state index contributed by atoms with van der Waals surface area (Å²) < 4.78 is 0. The molecule has 2 amide bonds. The van der Waals surface area contributed by atoms with Crippen LogP contribution in [0.2, 0.25) is 0 Å². The zero-order valence-electron chi connectivity index (χ0n) is 9.98. The zero-order chi connectivity index (χ0) is 12.8. The van der Waals surface area contributed by atoms with Crippen LogP contribution in [0.15, 0.2) is 24.3 Å². The highest BCUT2D eigenvalue weighted by Gasteiger charge is 2.40. The number of hydrogen-bond donors (Lipinski definition) is 2. The molecule has 0 unspecified atom stereocenters. The number of benzene rings is 1. The summed E-state index contributed by atoms with van der Waals surface area (Å²) in [5.74, 6) is -0.220. The van der Waals surface area contributed by atoms with E-state index in [0.717, 1.165) is 24.1 Å². The van der Waals surface area contributed by atoms with Gasteiger partial charge in [0.15, 0.2) is 0 Å². The maximum Gasteiger partial charge on any atom is 0.246 e. The Morgan fingerprint density at radius 1 is 1.28 bits per heavy atom. The van der Waals surface area contributed by atoms with Gasteiger partial charge < -0.3 is 16.0 Å². The molecule has 1 aliphatic carbocycles. The van der Waals surface area contributed by atoms with Crippen molar-refractivity contribution in [2.45, 2.75) is 18.4 Å². The summed E-state index contributed by atoms with van der Waals surface area (Å²) in [6.07, 6.45) is 1.95. The van der Waals surface area contributed by atoms with Crippen molar-refractivity contribution in [3.05, 3.63) is 29.8 Å². The van der Waals surface area contributed by atoms with E-state index in [4.69, 9.17) is 5.73 Å². The smallest absolute Gasteiger partial charge is 0.246 e. The minimum atomic E-state index is -0.225. The molecule has 1 aromatic carbocycles. The third-order valence-electron chi connectivity index (χ3n) is 3.56. The third-order valence-corrected chi connectivity index (χ3v) is 3.56. The second-order valence-electron chi connectivity index (χ2n) is 4.96. The van der Waals surface area contributed by atoms with Gasteiger partial charge in [0.1, 0.15) is 6.54 Å². The molecule has 0 spiro atoms.